The van der Waals surface area contributed by atoms with Crippen LogP contribution in [0.2, 0.25) is 0 Å². The number of carbonyl (C=O) groups excluding carboxylic acids is 1. The van der Waals surface area contributed by atoms with Crippen LogP contribution in [0.5, 0.6) is 0 Å². The van der Waals surface area contributed by atoms with Gasteiger partial charge in [0.15, 0.2) is 4.90 Å². The third kappa shape index (κ3) is 4.19. The van der Waals surface area contributed by atoms with Crippen molar-refractivity contribution < 1.29 is 22.3 Å². The second-order valence-electron chi connectivity index (χ2n) is 4.92. The molecule has 8 nitrogen and oxygen atoms in total. The minimum absolute atomic E-state index is 0.656. The summed E-state index contributed by atoms with van der Waals surface area (Å²) in [6.45, 7) is 4.89. The average Bonchev–Trinajstić information content (AvgIpc) is 2.25. The SMILES string of the molecule is CC(C)(C)NC(=O)OS(=O)(=O)c1ccccc1[N+](=O)[O-]. The van der Waals surface area contributed by atoms with Crippen LogP contribution < -0.4 is 5.32 Å². The lowest BCUT2D eigenvalue weighted by Crippen LogP contribution is -2.41. The predicted molar refractivity (Wildman–Crippen MR) is 69.7 cm³/mol. The number of nitro benzene ring substituents is 1. The van der Waals surface area contributed by atoms with Gasteiger partial charge in [0.2, 0.25) is 0 Å². The van der Waals surface area contributed by atoms with Gasteiger partial charge in [-0.15, -0.1) is 0 Å². The third-order valence-corrected chi connectivity index (χ3v) is 3.25. The normalized spacial score (nSPS) is 11.8. The fourth-order valence-corrected chi connectivity index (χ4v) is 2.27. The first-order valence-electron chi connectivity index (χ1n) is 5.53. The molecule has 20 heavy (non-hydrogen) atoms. The molecule has 1 aromatic rings. The Balaban J connectivity index is 3.07. The minimum atomic E-state index is -4.56. The molecule has 1 aromatic carbocycles. The Hall–Kier alpha value is -2.16. The standard InChI is InChI=1S/C11H14N2O6S/c1-11(2,3)12-10(14)19-20(17,18)9-7-5-4-6-8(9)13(15)16/h4-7H,1-3H3,(H,12,14). The molecule has 0 aliphatic heterocycles. The Morgan fingerprint density at radius 2 is 1.85 bits per heavy atom. The second kappa shape index (κ2) is 5.45. The third-order valence-electron chi connectivity index (χ3n) is 1.99. The van der Waals surface area contributed by atoms with E-state index in [4.69, 9.17) is 0 Å². The maximum Gasteiger partial charge on any atom is 0.423 e. The van der Waals surface area contributed by atoms with Crippen LogP contribution in [0.25, 0.3) is 0 Å². The van der Waals surface area contributed by atoms with Crippen molar-refractivity contribution in [2.45, 2.75) is 31.2 Å². The van der Waals surface area contributed by atoms with Crippen molar-refractivity contribution in [2.75, 3.05) is 0 Å². The van der Waals surface area contributed by atoms with Crippen LogP contribution in [0.4, 0.5) is 10.5 Å². The summed E-state index contributed by atoms with van der Waals surface area (Å²) < 4.78 is 28.0. The molecule has 0 aromatic heterocycles. The largest absolute Gasteiger partial charge is 0.423 e. The highest BCUT2D eigenvalue weighted by molar-refractivity contribution is 7.87. The number of nitrogens with zero attached hydrogens (tertiary/aromatic N) is 1. The second-order valence-corrected chi connectivity index (χ2v) is 6.44. The van der Waals surface area contributed by atoms with Gasteiger partial charge in [-0.05, 0) is 26.8 Å². The number of nitro groups is 1. The molecule has 9 heteroatoms. The monoisotopic (exact) mass is 302 g/mol. The van der Waals surface area contributed by atoms with Crippen LogP contribution in [0, 0.1) is 10.1 Å². The van der Waals surface area contributed by atoms with E-state index in [-0.39, 0.29) is 0 Å². The van der Waals surface area contributed by atoms with E-state index in [0.29, 0.717) is 0 Å². The topological polar surface area (TPSA) is 116 Å². The molecule has 0 aliphatic rings. The lowest BCUT2D eigenvalue weighted by molar-refractivity contribution is -0.387. The van der Waals surface area contributed by atoms with Crippen molar-refractivity contribution in [3.05, 3.63) is 34.4 Å². The molecule has 1 amide bonds. The first kappa shape index (κ1) is 15.9. The molecule has 0 spiro atoms. The Bertz CT molecular complexity index is 633. The maximum atomic E-state index is 11.9. The molecule has 0 atom stereocenters. The zero-order valence-corrected chi connectivity index (χ0v) is 11.9. The Morgan fingerprint density at radius 3 is 2.35 bits per heavy atom. The summed E-state index contributed by atoms with van der Waals surface area (Å²) in [6.07, 6.45) is -1.20. The average molecular weight is 302 g/mol. The molecule has 0 aliphatic carbocycles. The highest BCUT2D eigenvalue weighted by Crippen LogP contribution is 2.24. The van der Waals surface area contributed by atoms with Crippen molar-refractivity contribution in [3.8, 4) is 0 Å². The molecule has 1 N–H and O–H groups in total. The summed E-state index contributed by atoms with van der Waals surface area (Å²) in [5.74, 6) is 0. The summed E-state index contributed by atoms with van der Waals surface area (Å²) in [7, 11) is -4.56. The van der Waals surface area contributed by atoms with Crippen LogP contribution in [-0.2, 0) is 14.3 Å². The van der Waals surface area contributed by atoms with Gasteiger partial charge in [-0.3, -0.25) is 10.1 Å². The Kier molecular flexibility index (Phi) is 4.33. The lowest BCUT2D eigenvalue weighted by Gasteiger charge is -2.19. The number of benzene rings is 1. The molecule has 0 heterocycles. The number of carbonyl (C=O) groups is 1. The molecular formula is C11H14N2O6S. The van der Waals surface area contributed by atoms with E-state index in [1.165, 1.54) is 12.1 Å². The molecule has 0 radical (unpaired) electrons. The van der Waals surface area contributed by atoms with Crippen molar-refractivity contribution in [3.63, 3.8) is 0 Å². The van der Waals surface area contributed by atoms with Crippen molar-refractivity contribution in [2.24, 2.45) is 0 Å². The minimum Gasteiger partial charge on any atom is -0.324 e. The van der Waals surface area contributed by atoms with E-state index in [1.54, 1.807) is 20.8 Å². The van der Waals surface area contributed by atoms with Crippen LogP contribution in [0.3, 0.4) is 0 Å². The smallest absolute Gasteiger partial charge is 0.324 e. The number of rotatable bonds is 3. The Labute approximate surface area is 116 Å². The van der Waals surface area contributed by atoms with Crippen LogP contribution in [-0.4, -0.2) is 25.0 Å². The van der Waals surface area contributed by atoms with Crippen molar-refractivity contribution >= 4 is 21.9 Å². The van der Waals surface area contributed by atoms with E-state index in [0.717, 1.165) is 12.1 Å². The molecule has 0 saturated carbocycles. The summed E-state index contributed by atoms with van der Waals surface area (Å²) >= 11 is 0. The molecule has 1 rings (SSSR count). The lowest BCUT2D eigenvalue weighted by atomic mass is 10.1. The van der Waals surface area contributed by atoms with Crippen molar-refractivity contribution in [1.82, 2.24) is 5.32 Å². The van der Waals surface area contributed by atoms with E-state index in [2.05, 4.69) is 9.50 Å². The maximum absolute atomic E-state index is 11.9. The zero-order valence-electron chi connectivity index (χ0n) is 11.1. The van der Waals surface area contributed by atoms with E-state index in [1.807, 2.05) is 0 Å². The number of hydrogen-bond acceptors (Lipinski definition) is 6. The quantitative estimate of drug-likeness (QED) is 0.517. The fraction of sp³-hybridized carbons (Fsp3) is 0.364. The molecule has 110 valence electrons. The molecule has 0 unspecified atom stereocenters. The van der Waals surface area contributed by atoms with Gasteiger partial charge in [0, 0.05) is 11.6 Å². The van der Waals surface area contributed by atoms with E-state index in [9.17, 15) is 23.3 Å². The highest BCUT2D eigenvalue weighted by Gasteiger charge is 2.30. The number of nitrogens with one attached hydrogen (secondary N) is 1. The molecule has 0 bridgehead atoms. The van der Waals surface area contributed by atoms with E-state index >= 15 is 0 Å². The molecule has 0 fully saturated rings. The van der Waals surface area contributed by atoms with Gasteiger partial charge >= 0.3 is 16.2 Å². The van der Waals surface area contributed by atoms with Crippen LogP contribution in [0.15, 0.2) is 29.2 Å². The first-order chi connectivity index (χ1) is 9.03. The Morgan fingerprint density at radius 1 is 1.30 bits per heavy atom. The van der Waals surface area contributed by atoms with Crippen LogP contribution >= 0.6 is 0 Å². The van der Waals surface area contributed by atoms with E-state index < -0.39 is 37.3 Å². The van der Waals surface area contributed by atoms with Crippen molar-refractivity contribution in [1.29, 1.82) is 0 Å². The summed E-state index contributed by atoms with van der Waals surface area (Å²) in [5, 5.41) is 13.1. The number of para-hydroxylation sites is 1. The number of hydrogen-bond donors (Lipinski definition) is 1. The van der Waals surface area contributed by atoms with Gasteiger partial charge in [-0.2, -0.15) is 8.42 Å². The van der Waals surface area contributed by atoms with Gasteiger partial charge in [0.25, 0.3) is 5.69 Å². The van der Waals surface area contributed by atoms with Gasteiger partial charge in [0.05, 0.1) is 4.92 Å². The molecule has 0 saturated heterocycles. The summed E-state index contributed by atoms with van der Waals surface area (Å²) in [5.41, 5.74) is -1.36. The summed E-state index contributed by atoms with van der Waals surface area (Å²) in [6, 6.07) is 4.62. The first-order valence-corrected chi connectivity index (χ1v) is 6.94. The van der Waals surface area contributed by atoms with Crippen LogP contribution in [0.1, 0.15) is 20.8 Å². The van der Waals surface area contributed by atoms with Gasteiger partial charge in [-0.1, -0.05) is 12.1 Å². The molecular weight excluding hydrogens is 288 g/mol. The van der Waals surface area contributed by atoms with Gasteiger partial charge in [0.1, 0.15) is 0 Å². The van der Waals surface area contributed by atoms with Gasteiger partial charge in [-0.25, -0.2) is 4.79 Å². The summed E-state index contributed by atoms with van der Waals surface area (Å²) in [4.78, 5) is 20.7. The zero-order chi connectivity index (χ0) is 15.6. The predicted octanol–water partition coefficient (Wildman–Crippen LogP) is 1.81. The fourth-order valence-electron chi connectivity index (χ4n) is 1.29. The number of amides is 1. The van der Waals surface area contributed by atoms with Gasteiger partial charge < -0.3 is 9.50 Å². The highest BCUT2D eigenvalue weighted by atomic mass is 32.2.